The van der Waals surface area contributed by atoms with Crippen molar-refractivity contribution in [3.63, 3.8) is 0 Å². The van der Waals surface area contributed by atoms with Gasteiger partial charge in [-0.15, -0.1) is 0 Å². The Morgan fingerprint density at radius 1 is 1.00 bits per heavy atom. The average Bonchev–Trinajstić information content (AvgIpc) is 2.91. The van der Waals surface area contributed by atoms with E-state index in [1.807, 2.05) is 56.3 Å². The number of nitrogens with one attached hydrogen (secondary N) is 1. The summed E-state index contributed by atoms with van der Waals surface area (Å²) in [5, 5.41) is 4.28. The average molecular weight is 552 g/mol. The predicted molar refractivity (Wildman–Crippen MR) is 157 cm³/mol. The molecule has 1 heterocycles. The van der Waals surface area contributed by atoms with Gasteiger partial charge in [-0.25, -0.2) is 9.78 Å². The molecular formula is C30H32Cl2N4O2. The molecule has 1 aromatic heterocycles. The second-order valence-electron chi connectivity index (χ2n) is 9.35. The fraction of sp³-hybridized carbons (Fsp3) is 0.300. The number of hydrogen-bond acceptors (Lipinski definition) is 3. The van der Waals surface area contributed by atoms with Crippen LogP contribution in [0, 0.1) is 6.92 Å². The SMILES string of the molecule is CCCCCN(C(=O)Nc1ccc(Cl)c(Cl)c1)C(CC)c1nc2ccccc2c(=O)n1-c1ccc(C)cc1. The summed E-state index contributed by atoms with van der Waals surface area (Å²) in [7, 11) is 0. The van der Waals surface area contributed by atoms with Gasteiger partial charge in [0.2, 0.25) is 0 Å². The summed E-state index contributed by atoms with van der Waals surface area (Å²) >= 11 is 12.3. The van der Waals surface area contributed by atoms with Gasteiger partial charge in [0.05, 0.1) is 32.7 Å². The molecule has 8 heteroatoms. The van der Waals surface area contributed by atoms with E-state index >= 15 is 0 Å². The van der Waals surface area contributed by atoms with Crippen LogP contribution in [0.25, 0.3) is 16.6 Å². The third kappa shape index (κ3) is 6.03. The highest BCUT2D eigenvalue weighted by Gasteiger charge is 2.29. The van der Waals surface area contributed by atoms with Crippen LogP contribution >= 0.6 is 23.2 Å². The van der Waals surface area contributed by atoms with Gasteiger partial charge in [-0.1, -0.05) is 79.7 Å². The zero-order valence-corrected chi connectivity index (χ0v) is 23.4. The summed E-state index contributed by atoms with van der Waals surface area (Å²) < 4.78 is 1.65. The summed E-state index contributed by atoms with van der Waals surface area (Å²) in [5.74, 6) is 0.529. The molecule has 1 atom stereocenters. The summed E-state index contributed by atoms with van der Waals surface area (Å²) in [4.78, 5) is 34.3. The van der Waals surface area contributed by atoms with Gasteiger partial charge >= 0.3 is 6.03 Å². The van der Waals surface area contributed by atoms with Gasteiger partial charge in [-0.05, 0) is 62.2 Å². The van der Waals surface area contributed by atoms with E-state index in [4.69, 9.17) is 28.2 Å². The Labute approximate surface area is 233 Å². The van der Waals surface area contributed by atoms with E-state index in [1.54, 1.807) is 33.7 Å². The zero-order chi connectivity index (χ0) is 27.2. The standard InChI is InChI=1S/C30H32Cl2N4O2/c1-4-6-9-18-35(30(38)33-21-14-17-24(31)25(32)19-21)27(5-2)28-34-26-11-8-7-10-23(26)29(37)36(28)22-15-12-20(3)13-16-22/h7-8,10-17,19,27H,4-6,9,18H2,1-3H3,(H,33,38). The number of urea groups is 1. The number of nitrogens with zero attached hydrogens (tertiary/aromatic N) is 3. The van der Waals surface area contributed by atoms with Gasteiger partial charge in [0.1, 0.15) is 5.82 Å². The normalized spacial score (nSPS) is 11.9. The van der Waals surface area contributed by atoms with Crippen molar-refractivity contribution in [2.45, 2.75) is 52.5 Å². The summed E-state index contributed by atoms with van der Waals surface area (Å²) in [5.41, 5.74) is 2.79. The summed E-state index contributed by atoms with van der Waals surface area (Å²) in [6.07, 6.45) is 3.38. The lowest BCUT2D eigenvalue weighted by molar-refractivity contribution is 0.179. The van der Waals surface area contributed by atoms with Crippen LogP contribution in [0.1, 0.15) is 57.0 Å². The topological polar surface area (TPSA) is 67.2 Å². The highest BCUT2D eigenvalue weighted by molar-refractivity contribution is 6.42. The molecule has 0 radical (unpaired) electrons. The Morgan fingerprint density at radius 3 is 2.42 bits per heavy atom. The molecule has 0 aliphatic carbocycles. The lowest BCUT2D eigenvalue weighted by Gasteiger charge is -2.32. The third-order valence-electron chi connectivity index (χ3n) is 6.59. The van der Waals surface area contributed by atoms with Crippen molar-refractivity contribution in [3.05, 3.63) is 98.5 Å². The number of amides is 2. The number of aromatic nitrogens is 2. The molecular weight excluding hydrogens is 519 g/mol. The molecule has 198 valence electrons. The van der Waals surface area contributed by atoms with Crippen molar-refractivity contribution < 1.29 is 4.79 Å². The fourth-order valence-corrected chi connectivity index (χ4v) is 4.86. The van der Waals surface area contributed by atoms with Crippen molar-refractivity contribution in [3.8, 4) is 5.69 Å². The molecule has 0 saturated carbocycles. The van der Waals surface area contributed by atoms with Gasteiger partial charge < -0.3 is 10.2 Å². The number of benzene rings is 3. The van der Waals surface area contributed by atoms with Gasteiger partial charge in [-0.2, -0.15) is 0 Å². The van der Waals surface area contributed by atoms with Gasteiger partial charge in [0.25, 0.3) is 5.56 Å². The Kier molecular flexibility index (Phi) is 9.08. The molecule has 3 aromatic carbocycles. The first-order chi connectivity index (χ1) is 18.3. The second kappa shape index (κ2) is 12.5. The van der Waals surface area contributed by atoms with E-state index in [1.165, 1.54) is 0 Å². The molecule has 0 fully saturated rings. The number of carbonyl (C=O) groups is 1. The van der Waals surface area contributed by atoms with Crippen LogP contribution in [0.4, 0.5) is 10.5 Å². The molecule has 38 heavy (non-hydrogen) atoms. The minimum atomic E-state index is -0.451. The second-order valence-corrected chi connectivity index (χ2v) is 10.2. The molecule has 0 spiro atoms. The van der Waals surface area contributed by atoms with Crippen LogP contribution in [0.3, 0.4) is 0 Å². The quantitative estimate of drug-likeness (QED) is 0.213. The van der Waals surface area contributed by atoms with E-state index in [-0.39, 0.29) is 11.6 Å². The largest absolute Gasteiger partial charge is 0.322 e. The number of carbonyl (C=O) groups excluding carboxylic acids is 1. The van der Waals surface area contributed by atoms with Crippen molar-refractivity contribution in [1.29, 1.82) is 0 Å². The Morgan fingerprint density at radius 2 is 1.74 bits per heavy atom. The molecule has 1 unspecified atom stereocenters. The van der Waals surface area contributed by atoms with Crippen LogP contribution in [0.2, 0.25) is 10.0 Å². The van der Waals surface area contributed by atoms with Gasteiger partial charge in [-0.3, -0.25) is 9.36 Å². The maximum Gasteiger partial charge on any atom is 0.322 e. The predicted octanol–water partition coefficient (Wildman–Crippen LogP) is 8.18. The van der Waals surface area contributed by atoms with E-state index < -0.39 is 6.04 Å². The van der Waals surface area contributed by atoms with Crippen LogP contribution < -0.4 is 10.9 Å². The fourth-order valence-electron chi connectivity index (χ4n) is 4.56. The number of halogens is 2. The highest BCUT2D eigenvalue weighted by Crippen LogP contribution is 2.29. The maximum atomic E-state index is 13.8. The zero-order valence-electron chi connectivity index (χ0n) is 21.9. The van der Waals surface area contributed by atoms with Crippen molar-refractivity contribution in [1.82, 2.24) is 14.5 Å². The Hall–Kier alpha value is -3.35. The highest BCUT2D eigenvalue weighted by atomic mass is 35.5. The smallest absolute Gasteiger partial charge is 0.314 e. The molecule has 6 nitrogen and oxygen atoms in total. The van der Waals surface area contributed by atoms with E-state index in [0.29, 0.717) is 51.1 Å². The lowest BCUT2D eigenvalue weighted by atomic mass is 10.1. The number of unbranched alkanes of at least 4 members (excludes halogenated alkanes) is 2. The number of hydrogen-bond donors (Lipinski definition) is 1. The third-order valence-corrected chi connectivity index (χ3v) is 7.33. The number of rotatable bonds is 9. The first kappa shape index (κ1) is 27.7. The molecule has 0 saturated heterocycles. The molecule has 1 N–H and O–H groups in total. The lowest BCUT2D eigenvalue weighted by Crippen LogP contribution is -2.41. The number of para-hydroxylation sites is 1. The van der Waals surface area contributed by atoms with E-state index in [2.05, 4.69) is 12.2 Å². The minimum Gasteiger partial charge on any atom is -0.314 e. The Balaban J connectivity index is 1.84. The number of fused-ring (bicyclic) bond motifs is 1. The molecule has 4 aromatic rings. The Bertz CT molecular complexity index is 1480. The first-order valence-electron chi connectivity index (χ1n) is 13.0. The van der Waals surface area contributed by atoms with Crippen LogP contribution in [-0.2, 0) is 0 Å². The molecule has 0 bridgehead atoms. The number of anilines is 1. The van der Waals surface area contributed by atoms with E-state index in [9.17, 15) is 9.59 Å². The van der Waals surface area contributed by atoms with Crippen LogP contribution in [-0.4, -0.2) is 27.0 Å². The summed E-state index contributed by atoms with van der Waals surface area (Å²) in [6.45, 7) is 6.64. The summed E-state index contributed by atoms with van der Waals surface area (Å²) in [6, 6.07) is 19.4. The van der Waals surface area contributed by atoms with E-state index in [0.717, 1.165) is 24.8 Å². The molecule has 0 aliphatic heterocycles. The van der Waals surface area contributed by atoms with Crippen LogP contribution in [0.15, 0.2) is 71.5 Å². The molecule has 4 rings (SSSR count). The molecule has 2 amide bonds. The van der Waals surface area contributed by atoms with Gasteiger partial charge in [0.15, 0.2) is 0 Å². The maximum absolute atomic E-state index is 13.8. The van der Waals surface area contributed by atoms with Gasteiger partial charge in [0, 0.05) is 12.2 Å². The van der Waals surface area contributed by atoms with Crippen molar-refractivity contribution in [2.75, 3.05) is 11.9 Å². The molecule has 0 aliphatic rings. The first-order valence-corrected chi connectivity index (χ1v) is 13.7. The van der Waals surface area contributed by atoms with Crippen molar-refractivity contribution >= 4 is 45.8 Å². The number of aryl methyl sites for hydroxylation is 1. The van der Waals surface area contributed by atoms with Crippen molar-refractivity contribution in [2.24, 2.45) is 0 Å². The minimum absolute atomic E-state index is 0.161. The monoisotopic (exact) mass is 550 g/mol. The van der Waals surface area contributed by atoms with Crippen LogP contribution in [0.5, 0.6) is 0 Å².